The Hall–Kier alpha value is -2.94. The van der Waals surface area contributed by atoms with E-state index >= 15 is 0 Å². The molecule has 1 N–H and O–H groups in total. The van der Waals surface area contributed by atoms with Crippen LogP contribution in [0.5, 0.6) is 0 Å². The molecule has 0 amide bonds. The van der Waals surface area contributed by atoms with Gasteiger partial charge in [0.25, 0.3) is 0 Å². The van der Waals surface area contributed by atoms with Crippen LogP contribution in [0.15, 0.2) is 36.7 Å². The molecule has 0 saturated carbocycles. The van der Waals surface area contributed by atoms with Crippen LogP contribution in [-0.2, 0) is 0 Å². The zero-order valence-corrected chi connectivity index (χ0v) is 10.1. The fraction of sp³-hybridized carbons (Fsp3) is 0.0769. The number of nitrogens with zero attached hydrogens (tertiary/aromatic N) is 4. The molecule has 94 valence electrons. The van der Waals surface area contributed by atoms with Crippen molar-refractivity contribution >= 4 is 17.5 Å². The van der Waals surface area contributed by atoms with Crippen LogP contribution in [0.3, 0.4) is 0 Å². The largest absolute Gasteiger partial charge is 0.476 e. The number of anilines is 2. The second-order valence-electron chi connectivity index (χ2n) is 3.79. The van der Waals surface area contributed by atoms with Crippen LogP contribution < -0.4 is 4.90 Å². The van der Waals surface area contributed by atoms with Gasteiger partial charge < -0.3 is 10.0 Å². The predicted octanol–water partition coefficient (Wildman–Crippen LogP) is 1.81. The van der Waals surface area contributed by atoms with Gasteiger partial charge in [-0.1, -0.05) is 6.07 Å². The lowest BCUT2D eigenvalue weighted by molar-refractivity contribution is 0.0690. The van der Waals surface area contributed by atoms with Crippen molar-refractivity contribution in [1.82, 2.24) is 9.97 Å². The number of rotatable bonds is 3. The summed E-state index contributed by atoms with van der Waals surface area (Å²) in [5.41, 5.74) is 1.13. The first-order valence-corrected chi connectivity index (χ1v) is 5.41. The minimum atomic E-state index is -1.13. The first-order valence-electron chi connectivity index (χ1n) is 5.41. The minimum absolute atomic E-state index is 0.124. The maximum Gasteiger partial charge on any atom is 0.356 e. The van der Waals surface area contributed by atoms with Crippen LogP contribution in [0.25, 0.3) is 0 Å². The monoisotopic (exact) mass is 254 g/mol. The number of nitriles is 1. The highest BCUT2D eigenvalue weighted by molar-refractivity contribution is 5.85. The van der Waals surface area contributed by atoms with E-state index in [1.165, 1.54) is 12.4 Å². The first kappa shape index (κ1) is 12.5. The Labute approximate surface area is 109 Å². The van der Waals surface area contributed by atoms with E-state index in [2.05, 4.69) is 9.97 Å². The SMILES string of the molecule is CN(c1cccc(C#N)c1)c1cncc(C(=O)O)n1. The van der Waals surface area contributed by atoms with Gasteiger partial charge in [0.15, 0.2) is 11.5 Å². The third-order valence-electron chi connectivity index (χ3n) is 2.55. The quantitative estimate of drug-likeness (QED) is 0.898. The van der Waals surface area contributed by atoms with Crippen molar-refractivity contribution in [3.05, 3.63) is 47.9 Å². The van der Waals surface area contributed by atoms with Crippen molar-refractivity contribution in [2.24, 2.45) is 0 Å². The first-order chi connectivity index (χ1) is 9.11. The molecule has 1 aromatic heterocycles. The second-order valence-corrected chi connectivity index (χ2v) is 3.79. The molecule has 0 atom stereocenters. The number of aromatic carboxylic acids is 1. The lowest BCUT2D eigenvalue weighted by Gasteiger charge is -2.18. The van der Waals surface area contributed by atoms with Gasteiger partial charge in [0.1, 0.15) is 0 Å². The van der Waals surface area contributed by atoms with Gasteiger partial charge in [0.05, 0.1) is 24.0 Å². The number of benzene rings is 1. The maximum absolute atomic E-state index is 10.8. The Morgan fingerprint density at radius 1 is 1.42 bits per heavy atom. The minimum Gasteiger partial charge on any atom is -0.476 e. The number of carbonyl (C=O) groups is 1. The molecule has 1 heterocycles. The summed E-state index contributed by atoms with van der Waals surface area (Å²) in [6.07, 6.45) is 2.65. The summed E-state index contributed by atoms with van der Waals surface area (Å²) >= 11 is 0. The lowest BCUT2D eigenvalue weighted by Crippen LogP contribution is -2.14. The zero-order valence-electron chi connectivity index (χ0n) is 10.1. The third-order valence-corrected chi connectivity index (χ3v) is 2.55. The smallest absolute Gasteiger partial charge is 0.356 e. The van der Waals surface area contributed by atoms with Crippen molar-refractivity contribution in [3.8, 4) is 6.07 Å². The van der Waals surface area contributed by atoms with Gasteiger partial charge in [0, 0.05) is 12.7 Å². The predicted molar refractivity (Wildman–Crippen MR) is 68.2 cm³/mol. The van der Waals surface area contributed by atoms with E-state index in [1.807, 2.05) is 6.07 Å². The van der Waals surface area contributed by atoms with E-state index in [4.69, 9.17) is 10.4 Å². The second kappa shape index (κ2) is 5.14. The molecule has 0 aliphatic rings. The number of hydrogen-bond acceptors (Lipinski definition) is 5. The van der Waals surface area contributed by atoms with Crippen molar-refractivity contribution < 1.29 is 9.90 Å². The molecular weight excluding hydrogens is 244 g/mol. The Morgan fingerprint density at radius 2 is 2.21 bits per heavy atom. The van der Waals surface area contributed by atoms with Crippen LogP contribution in [0, 0.1) is 11.3 Å². The molecule has 0 spiro atoms. The summed E-state index contributed by atoms with van der Waals surface area (Å²) in [6.45, 7) is 0. The van der Waals surface area contributed by atoms with Gasteiger partial charge >= 0.3 is 5.97 Å². The molecule has 19 heavy (non-hydrogen) atoms. The maximum atomic E-state index is 10.8. The average molecular weight is 254 g/mol. The van der Waals surface area contributed by atoms with E-state index < -0.39 is 5.97 Å². The van der Waals surface area contributed by atoms with Crippen molar-refractivity contribution in [1.29, 1.82) is 5.26 Å². The molecule has 0 saturated heterocycles. The molecule has 0 aliphatic carbocycles. The molecule has 0 fully saturated rings. The summed E-state index contributed by atoms with van der Waals surface area (Å²) in [4.78, 5) is 20.3. The average Bonchev–Trinajstić information content (AvgIpc) is 2.46. The normalized spacial score (nSPS) is 9.68. The van der Waals surface area contributed by atoms with Crippen LogP contribution in [0.4, 0.5) is 11.5 Å². The zero-order chi connectivity index (χ0) is 13.8. The van der Waals surface area contributed by atoms with E-state index in [-0.39, 0.29) is 5.69 Å². The standard InChI is InChI=1S/C13H10N4O2/c1-17(10-4-2-3-9(5-10)6-14)12-8-15-7-11(16-12)13(18)19/h2-5,7-8H,1H3,(H,18,19). The molecule has 0 radical (unpaired) electrons. The Kier molecular flexibility index (Phi) is 3.39. The van der Waals surface area contributed by atoms with E-state index in [9.17, 15) is 4.79 Å². The molecule has 6 heteroatoms. The summed E-state index contributed by atoms with van der Waals surface area (Å²) in [5.74, 6) is -0.733. The van der Waals surface area contributed by atoms with Crippen LogP contribution in [-0.4, -0.2) is 28.1 Å². The molecule has 2 rings (SSSR count). The highest BCUT2D eigenvalue weighted by Gasteiger charge is 2.10. The number of carboxylic acids is 1. The van der Waals surface area contributed by atoms with Crippen LogP contribution in [0.2, 0.25) is 0 Å². The van der Waals surface area contributed by atoms with Gasteiger partial charge in [-0.15, -0.1) is 0 Å². The van der Waals surface area contributed by atoms with E-state index in [1.54, 1.807) is 36.2 Å². The number of aromatic nitrogens is 2. The molecule has 0 bridgehead atoms. The van der Waals surface area contributed by atoms with Crippen molar-refractivity contribution in [2.45, 2.75) is 0 Å². The summed E-state index contributed by atoms with van der Waals surface area (Å²) < 4.78 is 0. The summed E-state index contributed by atoms with van der Waals surface area (Å²) in [7, 11) is 1.73. The molecule has 0 aliphatic heterocycles. The van der Waals surface area contributed by atoms with E-state index in [0.717, 1.165) is 5.69 Å². The molecule has 2 aromatic rings. The fourth-order valence-electron chi connectivity index (χ4n) is 1.54. The number of hydrogen-bond donors (Lipinski definition) is 1. The highest BCUT2D eigenvalue weighted by Crippen LogP contribution is 2.21. The van der Waals surface area contributed by atoms with Crippen LogP contribution >= 0.6 is 0 Å². The topological polar surface area (TPSA) is 90.1 Å². The van der Waals surface area contributed by atoms with Crippen LogP contribution in [0.1, 0.15) is 16.1 Å². The molecular formula is C13H10N4O2. The highest BCUT2D eigenvalue weighted by atomic mass is 16.4. The van der Waals surface area contributed by atoms with Crippen molar-refractivity contribution in [2.75, 3.05) is 11.9 Å². The van der Waals surface area contributed by atoms with Crippen molar-refractivity contribution in [3.63, 3.8) is 0 Å². The third kappa shape index (κ3) is 2.66. The van der Waals surface area contributed by atoms with Gasteiger partial charge in [-0.25, -0.2) is 9.78 Å². The lowest BCUT2D eigenvalue weighted by atomic mass is 10.2. The molecule has 6 nitrogen and oxygen atoms in total. The fourth-order valence-corrected chi connectivity index (χ4v) is 1.54. The Bertz CT molecular complexity index is 664. The summed E-state index contributed by atoms with van der Waals surface area (Å²) in [6, 6.07) is 8.98. The van der Waals surface area contributed by atoms with Gasteiger partial charge in [0.2, 0.25) is 0 Å². The van der Waals surface area contributed by atoms with E-state index in [0.29, 0.717) is 11.4 Å². The number of carboxylic acid groups (broad SMARTS) is 1. The molecule has 0 unspecified atom stereocenters. The summed E-state index contributed by atoms with van der Waals surface area (Å²) in [5, 5.41) is 17.7. The van der Waals surface area contributed by atoms with Gasteiger partial charge in [-0.2, -0.15) is 5.26 Å². The van der Waals surface area contributed by atoms with Gasteiger partial charge in [-0.3, -0.25) is 4.98 Å². The Balaban J connectivity index is 2.38. The molecule has 1 aromatic carbocycles. The van der Waals surface area contributed by atoms with Gasteiger partial charge in [-0.05, 0) is 18.2 Å². The Morgan fingerprint density at radius 3 is 2.89 bits per heavy atom.